The van der Waals surface area contributed by atoms with Crippen LogP contribution in [0, 0.1) is 0 Å². The van der Waals surface area contributed by atoms with Crippen molar-refractivity contribution in [3.05, 3.63) is 41.7 Å². The van der Waals surface area contributed by atoms with Crippen molar-refractivity contribution in [2.75, 3.05) is 12.3 Å². The van der Waals surface area contributed by atoms with E-state index in [1.165, 1.54) is 17.3 Å². The molecule has 2 heterocycles. The Bertz CT molecular complexity index is 793. The molecule has 0 spiro atoms. The fraction of sp³-hybridized carbons (Fsp3) is 0.474. The molecule has 1 aromatic heterocycles. The maximum atomic E-state index is 12.6. The molecule has 2 aromatic rings. The molecule has 0 radical (unpaired) electrons. The van der Waals surface area contributed by atoms with Crippen molar-refractivity contribution in [3.8, 4) is 0 Å². The van der Waals surface area contributed by atoms with E-state index in [0.29, 0.717) is 19.4 Å². The van der Waals surface area contributed by atoms with Gasteiger partial charge in [-0.05, 0) is 31.7 Å². The highest BCUT2D eigenvalue weighted by Crippen LogP contribution is 2.22. The third-order valence-electron chi connectivity index (χ3n) is 4.79. The predicted molar refractivity (Wildman–Crippen MR) is 104 cm³/mol. The van der Waals surface area contributed by atoms with Gasteiger partial charge in [0.1, 0.15) is 11.9 Å². The van der Waals surface area contributed by atoms with E-state index in [1.807, 2.05) is 29.7 Å². The normalized spacial score (nSPS) is 17.1. The van der Waals surface area contributed by atoms with Crippen molar-refractivity contribution in [1.82, 2.24) is 19.7 Å². The molecule has 2 amide bonds. The molecule has 0 aliphatic carbocycles. The standard InChI is InChI=1S/C19H25N5O2S/c1-2-23-16(12-14-8-4-3-5-9-14)21-22-19(23)27-13-17(25)24-11-7-6-10-15(24)18(20)26/h3-5,8-9,15H,2,6-7,10-13H2,1H3,(H2,20,26). The Hall–Kier alpha value is -2.35. The number of carbonyl (C=O) groups is 2. The van der Waals surface area contributed by atoms with Gasteiger partial charge in [-0.25, -0.2) is 0 Å². The van der Waals surface area contributed by atoms with Crippen molar-refractivity contribution in [2.24, 2.45) is 5.73 Å². The van der Waals surface area contributed by atoms with Gasteiger partial charge in [-0.3, -0.25) is 9.59 Å². The van der Waals surface area contributed by atoms with E-state index in [1.54, 1.807) is 4.90 Å². The molecule has 1 atom stereocenters. The van der Waals surface area contributed by atoms with Crippen LogP contribution in [0.1, 0.15) is 37.6 Å². The Kier molecular flexibility index (Phi) is 6.49. The molecule has 7 nitrogen and oxygen atoms in total. The van der Waals surface area contributed by atoms with E-state index in [0.717, 1.165) is 30.4 Å². The zero-order valence-corrected chi connectivity index (χ0v) is 16.3. The number of piperidine rings is 1. The molecule has 8 heteroatoms. The molecular formula is C19H25N5O2S. The molecule has 0 saturated carbocycles. The summed E-state index contributed by atoms with van der Waals surface area (Å²) >= 11 is 1.36. The van der Waals surface area contributed by atoms with Crippen molar-refractivity contribution < 1.29 is 9.59 Å². The zero-order valence-electron chi connectivity index (χ0n) is 15.5. The second kappa shape index (κ2) is 9.03. The molecule has 1 fully saturated rings. The first-order chi connectivity index (χ1) is 13.1. The molecule has 27 heavy (non-hydrogen) atoms. The summed E-state index contributed by atoms with van der Waals surface area (Å²) in [6.07, 6.45) is 3.19. The van der Waals surface area contributed by atoms with Crippen LogP contribution in [0.2, 0.25) is 0 Å². The van der Waals surface area contributed by atoms with Crippen LogP contribution in [0.3, 0.4) is 0 Å². The fourth-order valence-electron chi connectivity index (χ4n) is 3.39. The lowest BCUT2D eigenvalue weighted by Crippen LogP contribution is -2.51. The lowest BCUT2D eigenvalue weighted by molar-refractivity contribution is -0.138. The van der Waals surface area contributed by atoms with Crippen LogP contribution in [0.5, 0.6) is 0 Å². The quantitative estimate of drug-likeness (QED) is 0.732. The van der Waals surface area contributed by atoms with Crippen LogP contribution < -0.4 is 5.73 Å². The number of hydrogen-bond donors (Lipinski definition) is 1. The summed E-state index contributed by atoms with van der Waals surface area (Å²) in [5, 5.41) is 9.30. The Balaban J connectivity index is 1.65. The van der Waals surface area contributed by atoms with E-state index < -0.39 is 11.9 Å². The summed E-state index contributed by atoms with van der Waals surface area (Å²) in [7, 11) is 0. The van der Waals surface area contributed by atoms with E-state index >= 15 is 0 Å². The number of thioether (sulfide) groups is 1. The van der Waals surface area contributed by atoms with Crippen LogP contribution >= 0.6 is 11.8 Å². The lowest BCUT2D eigenvalue weighted by atomic mass is 10.0. The van der Waals surface area contributed by atoms with E-state index in [4.69, 9.17) is 5.73 Å². The van der Waals surface area contributed by atoms with Crippen molar-refractivity contribution >= 4 is 23.6 Å². The highest BCUT2D eigenvalue weighted by atomic mass is 32.2. The third-order valence-corrected chi connectivity index (χ3v) is 5.74. The van der Waals surface area contributed by atoms with Gasteiger partial charge in [-0.2, -0.15) is 0 Å². The van der Waals surface area contributed by atoms with Gasteiger partial charge >= 0.3 is 0 Å². The number of carbonyl (C=O) groups excluding carboxylic acids is 2. The Labute approximate surface area is 163 Å². The van der Waals surface area contributed by atoms with Gasteiger partial charge < -0.3 is 15.2 Å². The Morgan fingerprint density at radius 3 is 2.70 bits per heavy atom. The van der Waals surface area contributed by atoms with E-state index in [9.17, 15) is 9.59 Å². The largest absolute Gasteiger partial charge is 0.368 e. The van der Waals surface area contributed by atoms with Crippen LogP contribution in [0.15, 0.2) is 35.5 Å². The second-order valence-corrected chi connectivity index (χ2v) is 7.54. The number of benzene rings is 1. The number of nitrogens with two attached hydrogens (primary N) is 1. The van der Waals surface area contributed by atoms with Gasteiger partial charge in [-0.1, -0.05) is 42.1 Å². The average Bonchev–Trinajstić information content (AvgIpc) is 3.08. The van der Waals surface area contributed by atoms with Crippen LogP contribution in [0.25, 0.3) is 0 Å². The monoisotopic (exact) mass is 387 g/mol. The minimum absolute atomic E-state index is 0.0706. The van der Waals surface area contributed by atoms with Gasteiger partial charge in [0.25, 0.3) is 0 Å². The van der Waals surface area contributed by atoms with Crippen molar-refractivity contribution in [3.63, 3.8) is 0 Å². The molecule has 1 aliphatic rings. The Morgan fingerprint density at radius 2 is 2.00 bits per heavy atom. The molecule has 2 N–H and O–H groups in total. The van der Waals surface area contributed by atoms with Gasteiger partial charge in [0.15, 0.2) is 5.16 Å². The summed E-state index contributed by atoms with van der Waals surface area (Å²) in [6, 6.07) is 9.63. The van der Waals surface area contributed by atoms with Crippen LogP contribution in [-0.4, -0.2) is 49.8 Å². The minimum Gasteiger partial charge on any atom is -0.368 e. The summed E-state index contributed by atoms with van der Waals surface area (Å²) < 4.78 is 2.03. The number of likely N-dealkylation sites (tertiary alicyclic amines) is 1. The minimum atomic E-state index is -0.482. The van der Waals surface area contributed by atoms with Crippen molar-refractivity contribution in [2.45, 2.75) is 50.4 Å². The molecule has 144 valence electrons. The number of nitrogens with zero attached hydrogens (tertiary/aromatic N) is 4. The topological polar surface area (TPSA) is 94.1 Å². The average molecular weight is 388 g/mol. The van der Waals surface area contributed by atoms with Crippen LogP contribution in [0.4, 0.5) is 0 Å². The highest BCUT2D eigenvalue weighted by molar-refractivity contribution is 7.99. The zero-order chi connectivity index (χ0) is 19.2. The maximum absolute atomic E-state index is 12.6. The number of hydrogen-bond acceptors (Lipinski definition) is 5. The Morgan fingerprint density at radius 1 is 1.22 bits per heavy atom. The van der Waals surface area contributed by atoms with Gasteiger partial charge in [0.05, 0.1) is 5.75 Å². The third kappa shape index (κ3) is 4.68. The number of amides is 2. The van der Waals surface area contributed by atoms with Crippen molar-refractivity contribution in [1.29, 1.82) is 0 Å². The highest BCUT2D eigenvalue weighted by Gasteiger charge is 2.30. The molecule has 0 bridgehead atoms. The summed E-state index contributed by atoms with van der Waals surface area (Å²) in [6.45, 7) is 3.36. The second-order valence-electron chi connectivity index (χ2n) is 6.60. The summed E-state index contributed by atoms with van der Waals surface area (Å²) in [5.41, 5.74) is 6.63. The summed E-state index contributed by atoms with van der Waals surface area (Å²) in [4.78, 5) is 25.9. The lowest BCUT2D eigenvalue weighted by Gasteiger charge is -2.33. The first kappa shape index (κ1) is 19.4. The molecule has 1 unspecified atom stereocenters. The number of rotatable bonds is 7. The van der Waals surface area contributed by atoms with Gasteiger partial charge in [-0.15, -0.1) is 10.2 Å². The van der Waals surface area contributed by atoms with E-state index in [-0.39, 0.29) is 11.7 Å². The van der Waals surface area contributed by atoms with Gasteiger partial charge in [0, 0.05) is 19.5 Å². The molecule has 1 aromatic carbocycles. The van der Waals surface area contributed by atoms with Crippen LogP contribution in [-0.2, 0) is 22.6 Å². The first-order valence-electron chi connectivity index (χ1n) is 9.27. The van der Waals surface area contributed by atoms with E-state index in [2.05, 4.69) is 22.3 Å². The summed E-state index contributed by atoms with van der Waals surface area (Å²) in [5.74, 6) is 0.619. The first-order valence-corrected chi connectivity index (χ1v) is 10.3. The molecular weight excluding hydrogens is 362 g/mol. The fourth-order valence-corrected chi connectivity index (χ4v) is 4.29. The maximum Gasteiger partial charge on any atom is 0.240 e. The SMILES string of the molecule is CCn1c(Cc2ccccc2)nnc1SCC(=O)N1CCCCC1C(N)=O. The number of aromatic nitrogens is 3. The molecule has 1 aliphatic heterocycles. The molecule has 3 rings (SSSR count). The van der Waals surface area contributed by atoms with Gasteiger partial charge in [0.2, 0.25) is 11.8 Å². The smallest absolute Gasteiger partial charge is 0.240 e. The number of primary amides is 1. The predicted octanol–water partition coefficient (Wildman–Crippen LogP) is 1.85. The molecule has 1 saturated heterocycles.